The number of hydrogen-bond donors (Lipinski definition) is 1. The predicted octanol–water partition coefficient (Wildman–Crippen LogP) is 3.42. The lowest BCUT2D eigenvalue weighted by Crippen LogP contribution is -2.48. The normalized spacial score (nSPS) is 26.7. The topological polar surface area (TPSA) is 23.5 Å². The molecule has 0 unspecified atom stereocenters. The molecule has 0 bridgehead atoms. The summed E-state index contributed by atoms with van der Waals surface area (Å²) >= 11 is 0. The van der Waals surface area contributed by atoms with Crippen LogP contribution in [0, 0.1) is 5.92 Å². The Morgan fingerprint density at radius 3 is 2.29 bits per heavy atom. The van der Waals surface area contributed by atoms with Crippen molar-refractivity contribution in [2.24, 2.45) is 5.92 Å². The van der Waals surface area contributed by atoms with Crippen molar-refractivity contribution >= 4 is 0 Å². The molecule has 0 saturated carbocycles. The third kappa shape index (κ3) is 3.02. The van der Waals surface area contributed by atoms with Gasteiger partial charge in [0.2, 0.25) is 0 Å². The van der Waals surface area contributed by atoms with E-state index in [0.717, 1.165) is 31.6 Å². The highest BCUT2D eigenvalue weighted by atomic mass is 16.3. The van der Waals surface area contributed by atoms with Crippen LogP contribution in [0.2, 0.25) is 0 Å². The fourth-order valence-electron chi connectivity index (χ4n) is 3.35. The van der Waals surface area contributed by atoms with Crippen molar-refractivity contribution in [2.75, 3.05) is 13.1 Å². The number of likely N-dealkylation sites (tertiary alicyclic amines) is 1. The molecule has 1 aliphatic rings. The molecule has 1 fully saturated rings. The van der Waals surface area contributed by atoms with Gasteiger partial charge in [-0.25, -0.2) is 0 Å². The second-order valence-electron chi connectivity index (χ2n) is 6.16. The highest BCUT2D eigenvalue weighted by molar-refractivity contribution is 5.24. The van der Waals surface area contributed by atoms with E-state index in [1.165, 1.54) is 5.56 Å². The molecule has 1 heterocycles. The van der Waals surface area contributed by atoms with E-state index >= 15 is 0 Å². The van der Waals surface area contributed by atoms with Gasteiger partial charge in [0.25, 0.3) is 0 Å². The Kier molecular flexibility index (Phi) is 4.09. The summed E-state index contributed by atoms with van der Waals surface area (Å²) in [6.07, 6.45) is 0.797. The largest absolute Gasteiger partial charge is 0.385 e. The van der Waals surface area contributed by atoms with Crippen molar-refractivity contribution in [3.05, 3.63) is 71.8 Å². The molecule has 0 radical (unpaired) electrons. The molecule has 1 N–H and O–H groups in total. The maximum Gasteiger partial charge on any atom is 0.0946 e. The molecule has 2 aromatic rings. The molecule has 3 rings (SSSR count). The summed E-state index contributed by atoms with van der Waals surface area (Å²) in [6.45, 7) is 4.99. The molecule has 0 aromatic heterocycles. The van der Waals surface area contributed by atoms with E-state index in [1.807, 2.05) is 30.3 Å². The second kappa shape index (κ2) is 6.00. The lowest BCUT2D eigenvalue weighted by Gasteiger charge is -2.43. The molecule has 0 amide bonds. The van der Waals surface area contributed by atoms with Gasteiger partial charge in [-0.2, -0.15) is 0 Å². The smallest absolute Gasteiger partial charge is 0.0946 e. The first kappa shape index (κ1) is 14.3. The lowest BCUT2D eigenvalue weighted by molar-refractivity contribution is -0.0728. The van der Waals surface area contributed by atoms with Gasteiger partial charge >= 0.3 is 0 Å². The van der Waals surface area contributed by atoms with Gasteiger partial charge in [-0.05, 0) is 17.5 Å². The molecule has 2 aromatic carbocycles. The highest BCUT2D eigenvalue weighted by Crippen LogP contribution is 2.37. The standard InChI is InChI=1S/C19H23NO/c1-16-14-20(15-17-8-4-2-5-9-17)13-12-19(16,21)18-10-6-3-7-11-18/h2-11,16,21H,12-15H2,1H3/t16-,19-/m1/s1. The zero-order valence-corrected chi connectivity index (χ0v) is 12.6. The number of benzene rings is 2. The van der Waals surface area contributed by atoms with Gasteiger partial charge in [0, 0.05) is 25.6 Å². The van der Waals surface area contributed by atoms with Crippen LogP contribution in [0.4, 0.5) is 0 Å². The summed E-state index contributed by atoms with van der Waals surface area (Å²) in [5.74, 6) is 0.234. The van der Waals surface area contributed by atoms with Crippen LogP contribution in [-0.4, -0.2) is 23.1 Å². The van der Waals surface area contributed by atoms with Crippen molar-refractivity contribution in [1.29, 1.82) is 0 Å². The fourth-order valence-corrected chi connectivity index (χ4v) is 3.35. The quantitative estimate of drug-likeness (QED) is 0.932. The van der Waals surface area contributed by atoms with Gasteiger partial charge in [-0.1, -0.05) is 67.6 Å². The summed E-state index contributed by atoms with van der Waals surface area (Å²) in [5, 5.41) is 11.1. The van der Waals surface area contributed by atoms with Crippen LogP contribution < -0.4 is 0 Å². The number of hydrogen-bond acceptors (Lipinski definition) is 2. The first-order chi connectivity index (χ1) is 10.2. The van der Waals surface area contributed by atoms with E-state index in [9.17, 15) is 5.11 Å². The van der Waals surface area contributed by atoms with E-state index in [4.69, 9.17) is 0 Å². The average molecular weight is 281 g/mol. The zero-order chi connectivity index (χ0) is 14.7. The Bertz CT molecular complexity index is 569. The molecule has 0 spiro atoms. The lowest BCUT2D eigenvalue weighted by atomic mass is 9.77. The molecular formula is C19H23NO. The maximum atomic E-state index is 11.1. The minimum Gasteiger partial charge on any atom is -0.385 e. The van der Waals surface area contributed by atoms with Crippen LogP contribution >= 0.6 is 0 Å². The first-order valence-electron chi connectivity index (χ1n) is 7.73. The summed E-state index contributed by atoms with van der Waals surface area (Å²) < 4.78 is 0. The average Bonchev–Trinajstić information content (AvgIpc) is 2.53. The van der Waals surface area contributed by atoms with Gasteiger partial charge in [0.15, 0.2) is 0 Å². The summed E-state index contributed by atoms with van der Waals surface area (Å²) in [4.78, 5) is 2.44. The van der Waals surface area contributed by atoms with Crippen LogP contribution in [0.1, 0.15) is 24.5 Å². The van der Waals surface area contributed by atoms with Crippen LogP contribution in [0.3, 0.4) is 0 Å². The van der Waals surface area contributed by atoms with Crippen molar-refractivity contribution in [1.82, 2.24) is 4.90 Å². The molecule has 2 heteroatoms. The summed E-state index contributed by atoms with van der Waals surface area (Å²) in [6, 6.07) is 20.7. The number of aliphatic hydroxyl groups is 1. The minimum atomic E-state index is -0.686. The SMILES string of the molecule is C[C@@H]1CN(Cc2ccccc2)CC[C@]1(O)c1ccccc1. The minimum absolute atomic E-state index is 0.234. The van der Waals surface area contributed by atoms with Crippen LogP contribution in [-0.2, 0) is 12.1 Å². The molecule has 110 valence electrons. The first-order valence-corrected chi connectivity index (χ1v) is 7.73. The van der Waals surface area contributed by atoms with E-state index in [1.54, 1.807) is 0 Å². The van der Waals surface area contributed by atoms with Crippen LogP contribution in [0.5, 0.6) is 0 Å². The van der Waals surface area contributed by atoms with Gasteiger partial charge in [-0.3, -0.25) is 4.90 Å². The number of piperidine rings is 1. The number of rotatable bonds is 3. The van der Waals surface area contributed by atoms with Gasteiger partial charge in [-0.15, -0.1) is 0 Å². The van der Waals surface area contributed by atoms with Gasteiger partial charge in [0.05, 0.1) is 5.60 Å². The Balaban J connectivity index is 1.70. The van der Waals surface area contributed by atoms with E-state index in [-0.39, 0.29) is 5.92 Å². The Morgan fingerprint density at radius 1 is 1.05 bits per heavy atom. The van der Waals surface area contributed by atoms with Crippen molar-refractivity contribution in [2.45, 2.75) is 25.5 Å². The molecular weight excluding hydrogens is 258 g/mol. The van der Waals surface area contributed by atoms with E-state index < -0.39 is 5.60 Å². The molecule has 2 atom stereocenters. The van der Waals surface area contributed by atoms with Crippen LogP contribution in [0.25, 0.3) is 0 Å². The summed E-state index contributed by atoms with van der Waals surface area (Å²) in [7, 11) is 0. The van der Waals surface area contributed by atoms with Crippen molar-refractivity contribution in [3.8, 4) is 0 Å². The second-order valence-corrected chi connectivity index (χ2v) is 6.16. The molecule has 21 heavy (non-hydrogen) atoms. The third-order valence-electron chi connectivity index (χ3n) is 4.68. The Labute approximate surface area is 127 Å². The Morgan fingerprint density at radius 2 is 1.67 bits per heavy atom. The van der Waals surface area contributed by atoms with Crippen LogP contribution in [0.15, 0.2) is 60.7 Å². The predicted molar refractivity (Wildman–Crippen MR) is 85.8 cm³/mol. The zero-order valence-electron chi connectivity index (χ0n) is 12.6. The van der Waals surface area contributed by atoms with Crippen molar-refractivity contribution < 1.29 is 5.11 Å². The molecule has 1 aliphatic heterocycles. The van der Waals surface area contributed by atoms with Gasteiger partial charge < -0.3 is 5.11 Å². The molecule has 1 saturated heterocycles. The third-order valence-corrected chi connectivity index (χ3v) is 4.68. The maximum absolute atomic E-state index is 11.1. The summed E-state index contributed by atoms with van der Waals surface area (Å²) in [5.41, 5.74) is 1.71. The Hall–Kier alpha value is -1.64. The monoisotopic (exact) mass is 281 g/mol. The number of nitrogens with zero attached hydrogens (tertiary/aromatic N) is 1. The highest BCUT2D eigenvalue weighted by Gasteiger charge is 2.39. The molecule has 2 nitrogen and oxygen atoms in total. The fraction of sp³-hybridized carbons (Fsp3) is 0.368. The van der Waals surface area contributed by atoms with Crippen molar-refractivity contribution in [3.63, 3.8) is 0 Å². The van der Waals surface area contributed by atoms with E-state index in [0.29, 0.717) is 0 Å². The van der Waals surface area contributed by atoms with Gasteiger partial charge in [0.1, 0.15) is 0 Å². The van der Waals surface area contributed by atoms with E-state index in [2.05, 4.69) is 42.2 Å². The molecule has 0 aliphatic carbocycles.